The molecule has 130 valence electrons. The molecule has 0 spiro atoms. The summed E-state index contributed by atoms with van der Waals surface area (Å²) < 4.78 is 2.64. The number of aromatic nitrogens is 1. The summed E-state index contributed by atoms with van der Waals surface area (Å²) in [5.41, 5.74) is 4.82. The molecule has 0 radical (unpaired) electrons. The maximum atomic E-state index is 4.82. The molecule has 0 aliphatic carbocycles. The van der Waals surface area contributed by atoms with Crippen molar-refractivity contribution in [3.8, 4) is 11.3 Å². The van der Waals surface area contributed by atoms with E-state index in [1.165, 1.54) is 36.9 Å². The van der Waals surface area contributed by atoms with Crippen LogP contribution in [0.1, 0.15) is 24.0 Å². The van der Waals surface area contributed by atoms with Crippen LogP contribution in [-0.2, 0) is 0 Å². The van der Waals surface area contributed by atoms with Crippen molar-refractivity contribution in [2.45, 2.75) is 12.8 Å². The van der Waals surface area contributed by atoms with Gasteiger partial charge in [0.1, 0.15) is 0 Å². The minimum absolute atomic E-state index is 0.341. The Morgan fingerprint density at radius 3 is 2.30 bits per heavy atom. The van der Waals surface area contributed by atoms with Crippen molar-refractivity contribution >= 4 is 31.5 Å². The van der Waals surface area contributed by atoms with Crippen molar-refractivity contribution < 1.29 is 0 Å². The van der Waals surface area contributed by atoms with Gasteiger partial charge in [-0.15, -0.1) is 11.3 Å². The zero-order valence-electron chi connectivity index (χ0n) is 15.1. The molecule has 2 heterocycles. The first kappa shape index (κ1) is 16.2. The normalized spacial score (nSPS) is 12.5. The third-order valence-corrected chi connectivity index (χ3v) is 6.49. The van der Waals surface area contributed by atoms with Gasteiger partial charge in [0.15, 0.2) is 0 Å². The molecule has 0 fully saturated rings. The van der Waals surface area contributed by atoms with Gasteiger partial charge >= 0.3 is 0 Å². The van der Waals surface area contributed by atoms with E-state index in [2.05, 4.69) is 91.9 Å². The molecule has 5 aromatic rings. The van der Waals surface area contributed by atoms with Gasteiger partial charge in [-0.2, -0.15) is 0 Å². The lowest BCUT2D eigenvalue weighted by Crippen LogP contribution is -1.97. The average Bonchev–Trinajstić information content (AvgIpc) is 3.13. The molecular weight excluding hydrogens is 346 g/mol. The van der Waals surface area contributed by atoms with Crippen molar-refractivity contribution in [3.63, 3.8) is 0 Å². The van der Waals surface area contributed by atoms with E-state index in [0.717, 1.165) is 5.69 Å². The van der Waals surface area contributed by atoms with E-state index >= 15 is 0 Å². The third kappa shape index (κ3) is 2.83. The summed E-state index contributed by atoms with van der Waals surface area (Å²) in [7, 11) is 0. The predicted octanol–water partition coefficient (Wildman–Crippen LogP) is 7.27. The van der Waals surface area contributed by atoms with Gasteiger partial charge in [0, 0.05) is 37.9 Å². The van der Waals surface area contributed by atoms with Crippen molar-refractivity contribution in [2.75, 3.05) is 0 Å². The quantitative estimate of drug-likeness (QED) is 0.328. The first-order valence-electron chi connectivity index (χ1n) is 9.23. The van der Waals surface area contributed by atoms with Crippen LogP contribution in [0.15, 0.2) is 91.1 Å². The van der Waals surface area contributed by atoms with Crippen molar-refractivity contribution in [3.05, 3.63) is 102 Å². The van der Waals surface area contributed by atoms with Gasteiger partial charge in [0.2, 0.25) is 0 Å². The van der Waals surface area contributed by atoms with E-state index < -0.39 is 0 Å². The lowest BCUT2D eigenvalue weighted by Gasteiger charge is -2.12. The number of benzene rings is 3. The average molecular weight is 366 g/mol. The standard InChI is InChI=1S/C25H19NS/c1-17(18-8-3-2-4-9-18)19-14-15-23(26-16-19)22-12-7-11-21-20-10-5-6-13-24(20)27-25(21)22/h2-17H,1H3. The fourth-order valence-corrected chi connectivity index (χ4v) is 4.93. The first-order valence-corrected chi connectivity index (χ1v) is 10.0. The molecule has 1 nitrogen and oxygen atoms in total. The maximum absolute atomic E-state index is 4.82. The molecule has 0 N–H and O–H groups in total. The topological polar surface area (TPSA) is 12.9 Å². The van der Waals surface area contributed by atoms with Gasteiger partial charge < -0.3 is 0 Å². The number of hydrogen-bond acceptors (Lipinski definition) is 2. The Bertz CT molecular complexity index is 1220. The van der Waals surface area contributed by atoms with Crippen LogP contribution < -0.4 is 0 Å². The van der Waals surface area contributed by atoms with Crippen LogP contribution in [0.3, 0.4) is 0 Å². The van der Waals surface area contributed by atoms with Crippen LogP contribution in [0, 0.1) is 0 Å². The van der Waals surface area contributed by atoms with E-state index in [-0.39, 0.29) is 0 Å². The second-order valence-corrected chi connectivity index (χ2v) is 7.94. The third-order valence-electron chi connectivity index (χ3n) is 5.27. The maximum Gasteiger partial charge on any atom is 0.0716 e. The molecule has 2 heteroatoms. The molecule has 0 aliphatic heterocycles. The largest absolute Gasteiger partial charge is 0.256 e. The molecule has 0 saturated heterocycles. The molecule has 0 bridgehead atoms. The molecule has 27 heavy (non-hydrogen) atoms. The van der Waals surface area contributed by atoms with E-state index in [1.807, 2.05) is 17.5 Å². The summed E-state index contributed by atoms with van der Waals surface area (Å²) in [6.45, 7) is 2.23. The number of hydrogen-bond donors (Lipinski definition) is 0. The van der Waals surface area contributed by atoms with Gasteiger partial charge in [-0.3, -0.25) is 4.98 Å². The minimum atomic E-state index is 0.341. The summed E-state index contributed by atoms with van der Waals surface area (Å²) in [6.07, 6.45) is 2.03. The fraction of sp³-hybridized carbons (Fsp3) is 0.0800. The number of fused-ring (bicyclic) bond motifs is 3. The van der Waals surface area contributed by atoms with Gasteiger partial charge in [-0.25, -0.2) is 0 Å². The minimum Gasteiger partial charge on any atom is -0.256 e. The van der Waals surface area contributed by atoms with E-state index in [9.17, 15) is 0 Å². The second-order valence-electron chi connectivity index (χ2n) is 6.89. The van der Waals surface area contributed by atoms with E-state index in [4.69, 9.17) is 4.98 Å². The zero-order chi connectivity index (χ0) is 18.2. The van der Waals surface area contributed by atoms with E-state index in [1.54, 1.807) is 0 Å². The van der Waals surface area contributed by atoms with Gasteiger partial charge in [-0.05, 0) is 23.3 Å². The Labute approximate surface area is 162 Å². The predicted molar refractivity (Wildman–Crippen MR) is 117 cm³/mol. The summed E-state index contributed by atoms with van der Waals surface area (Å²) >= 11 is 1.85. The van der Waals surface area contributed by atoms with Crippen LogP contribution in [0.2, 0.25) is 0 Å². The van der Waals surface area contributed by atoms with Crippen LogP contribution >= 0.6 is 11.3 Å². The molecule has 3 aromatic carbocycles. The van der Waals surface area contributed by atoms with Crippen molar-refractivity contribution in [2.24, 2.45) is 0 Å². The first-order chi connectivity index (χ1) is 13.3. The number of pyridine rings is 1. The van der Waals surface area contributed by atoms with Crippen molar-refractivity contribution in [1.29, 1.82) is 0 Å². The van der Waals surface area contributed by atoms with Crippen LogP contribution in [0.4, 0.5) is 0 Å². The highest BCUT2D eigenvalue weighted by molar-refractivity contribution is 7.26. The zero-order valence-corrected chi connectivity index (χ0v) is 15.9. The Morgan fingerprint density at radius 1 is 0.704 bits per heavy atom. The molecule has 1 atom stereocenters. The smallest absolute Gasteiger partial charge is 0.0716 e. The van der Waals surface area contributed by atoms with Crippen LogP contribution in [0.5, 0.6) is 0 Å². The van der Waals surface area contributed by atoms with Gasteiger partial charge in [-0.1, -0.05) is 79.7 Å². The van der Waals surface area contributed by atoms with Gasteiger partial charge in [0.25, 0.3) is 0 Å². The lowest BCUT2D eigenvalue weighted by atomic mass is 9.94. The Balaban J connectivity index is 1.57. The molecule has 0 amide bonds. The highest BCUT2D eigenvalue weighted by atomic mass is 32.1. The Kier molecular flexibility index (Phi) is 3.99. The highest BCUT2D eigenvalue weighted by Gasteiger charge is 2.12. The molecule has 0 saturated carbocycles. The van der Waals surface area contributed by atoms with Crippen LogP contribution in [-0.4, -0.2) is 4.98 Å². The summed E-state index contributed by atoms with van der Waals surface area (Å²) in [5.74, 6) is 0.341. The summed E-state index contributed by atoms with van der Waals surface area (Å²) in [4.78, 5) is 4.82. The molecular formula is C25H19NS. The Morgan fingerprint density at radius 2 is 1.48 bits per heavy atom. The highest BCUT2D eigenvalue weighted by Crippen LogP contribution is 2.39. The number of nitrogens with zero attached hydrogens (tertiary/aromatic N) is 1. The molecule has 1 unspecified atom stereocenters. The molecule has 2 aromatic heterocycles. The van der Waals surface area contributed by atoms with Crippen LogP contribution in [0.25, 0.3) is 31.4 Å². The summed E-state index contributed by atoms with van der Waals surface area (Å²) in [5, 5.41) is 2.64. The summed E-state index contributed by atoms with van der Waals surface area (Å²) in [6, 6.07) is 30.1. The van der Waals surface area contributed by atoms with Crippen molar-refractivity contribution in [1.82, 2.24) is 4.98 Å². The molecule has 0 aliphatic rings. The number of rotatable bonds is 3. The lowest BCUT2D eigenvalue weighted by molar-refractivity contribution is 0.912. The monoisotopic (exact) mass is 365 g/mol. The second kappa shape index (κ2) is 6.64. The SMILES string of the molecule is CC(c1ccccc1)c1ccc(-c2cccc3c2sc2ccccc23)nc1. The molecule has 5 rings (SSSR count). The Hall–Kier alpha value is -2.97. The van der Waals surface area contributed by atoms with Gasteiger partial charge in [0.05, 0.1) is 5.69 Å². The number of thiophene rings is 1. The fourth-order valence-electron chi connectivity index (χ4n) is 3.70. The van der Waals surface area contributed by atoms with E-state index in [0.29, 0.717) is 5.92 Å².